The molecular formula is C17H18F3N3O2. The Hall–Kier alpha value is -2.51. The molecular weight excluding hydrogens is 335 g/mol. The van der Waals surface area contributed by atoms with Crippen molar-refractivity contribution in [1.82, 2.24) is 14.7 Å². The number of carbonyl (C=O) groups is 1. The summed E-state index contributed by atoms with van der Waals surface area (Å²) < 4.78 is 40.1. The van der Waals surface area contributed by atoms with E-state index in [4.69, 9.17) is 5.11 Å². The number of halogens is 3. The maximum atomic E-state index is 12.8. The fraction of sp³-hybridized carbons (Fsp3) is 0.412. The van der Waals surface area contributed by atoms with Crippen LogP contribution >= 0.6 is 0 Å². The van der Waals surface area contributed by atoms with Gasteiger partial charge in [0.2, 0.25) is 0 Å². The van der Waals surface area contributed by atoms with Crippen LogP contribution in [0.15, 0.2) is 24.3 Å². The van der Waals surface area contributed by atoms with Crippen molar-refractivity contribution >= 4 is 6.09 Å². The minimum absolute atomic E-state index is 0.353. The Kier molecular flexibility index (Phi) is 4.45. The van der Waals surface area contributed by atoms with Gasteiger partial charge in [-0.2, -0.15) is 18.3 Å². The number of benzene rings is 1. The predicted octanol–water partition coefficient (Wildman–Crippen LogP) is 3.67. The predicted molar refractivity (Wildman–Crippen MR) is 85.3 cm³/mol. The zero-order valence-corrected chi connectivity index (χ0v) is 13.7. The van der Waals surface area contributed by atoms with Crippen molar-refractivity contribution < 1.29 is 23.1 Å². The molecule has 1 amide bonds. The third kappa shape index (κ3) is 3.33. The number of fused-ring (bicyclic) bond motifs is 1. The second-order valence-corrected chi connectivity index (χ2v) is 5.93. The molecule has 1 aliphatic heterocycles. The lowest BCUT2D eigenvalue weighted by molar-refractivity contribution is -0.137. The SMILES string of the molecule is CCn1nc2c(c1-c1ccc(C(F)(F)F)cc1)CCN(C(=O)O)CC2. The minimum atomic E-state index is -4.37. The van der Waals surface area contributed by atoms with E-state index in [0.29, 0.717) is 38.0 Å². The molecule has 0 unspecified atom stereocenters. The number of nitrogens with zero attached hydrogens (tertiary/aromatic N) is 3. The first-order valence-electron chi connectivity index (χ1n) is 8.05. The number of hydrogen-bond acceptors (Lipinski definition) is 2. The van der Waals surface area contributed by atoms with E-state index in [9.17, 15) is 18.0 Å². The zero-order valence-electron chi connectivity index (χ0n) is 13.7. The fourth-order valence-corrected chi connectivity index (χ4v) is 3.17. The lowest BCUT2D eigenvalue weighted by atomic mass is 10.0. The molecule has 3 rings (SSSR count). The second kappa shape index (κ2) is 6.42. The molecule has 1 aliphatic rings. The molecule has 1 aromatic carbocycles. The van der Waals surface area contributed by atoms with E-state index in [0.717, 1.165) is 29.1 Å². The average molecular weight is 353 g/mol. The Bertz CT molecular complexity index is 782. The van der Waals surface area contributed by atoms with Crippen molar-refractivity contribution in [3.8, 4) is 11.3 Å². The summed E-state index contributed by atoms with van der Waals surface area (Å²) in [6.45, 7) is 3.23. The number of amides is 1. The first-order chi connectivity index (χ1) is 11.8. The molecule has 0 radical (unpaired) electrons. The van der Waals surface area contributed by atoms with E-state index in [1.807, 2.05) is 6.92 Å². The molecule has 0 fully saturated rings. The van der Waals surface area contributed by atoms with Gasteiger partial charge in [-0.3, -0.25) is 4.68 Å². The largest absolute Gasteiger partial charge is 0.465 e. The monoisotopic (exact) mass is 353 g/mol. The second-order valence-electron chi connectivity index (χ2n) is 5.93. The molecule has 0 spiro atoms. The van der Waals surface area contributed by atoms with Crippen molar-refractivity contribution in [1.29, 1.82) is 0 Å². The molecule has 25 heavy (non-hydrogen) atoms. The molecule has 0 bridgehead atoms. The van der Waals surface area contributed by atoms with Crippen molar-refractivity contribution in [3.63, 3.8) is 0 Å². The first kappa shape index (κ1) is 17.3. The number of alkyl halides is 3. The lowest BCUT2D eigenvalue weighted by Gasteiger charge is -2.16. The van der Waals surface area contributed by atoms with Gasteiger partial charge in [-0.25, -0.2) is 4.79 Å². The molecule has 5 nitrogen and oxygen atoms in total. The highest BCUT2D eigenvalue weighted by Crippen LogP contribution is 2.33. The number of aromatic nitrogens is 2. The lowest BCUT2D eigenvalue weighted by Crippen LogP contribution is -2.31. The van der Waals surface area contributed by atoms with Crippen LogP contribution in [0.25, 0.3) is 11.3 Å². The van der Waals surface area contributed by atoms with Crippen molar-refractivity contribution in [2.45, 2.75) is 32.5 Å². The molecule has 1 N–H and O–H groups in total. The van der Waals surface area contributed by atoms with Crippen LogP contribution in [0.4, 0.5) is 18.0 Å². The molecule has 0 saturated carbocycles. The Labute approximate surface area is 142 Å². The van der Waals surface area contributed by atoms with Gasteiger partial charge in [0.05, 0.1) is 17.0 Å². The fourth-order valence-electron chi connectivity index (χ4n) is 3.17. The van der Waals surface area contributed by atoms with Crippen LogP contribution in [-0.4, -0.2) is 39.0 Å². The molecule has 2 aromatic rings. The minimum Gasteiger partial charge on any atom is -0.465 e. The van der Waals surface area contributed by atoms with E-state index < -0.39 is 17.8 Å². The molecule has 134 valence electrons. The summed E-state index contributed by atoms with van der Waals surface area (Å²) in [5.74, 6) is 0. The third-order valence-corrected chi connectivity index (χ3v) is 4.44. The Balaban J connectivity index is 2.00. The molecule has 0 atom stereocenters. The van der Waals surface area contributed by atoms with Gasteiger partial charge >= 0.3 is 12.3 Å². The van der Waals surface area contributed by atoms with Crippen LogP contribution in [0.1, 0.15) is 23.7 Å². The van der Waals surface area contributed by atoms with Gasteiger partial charge in [0.1, 0.15) is 0 Å². The van der Waals surface area contributed by atoms with Crippen molar-refractivity contribution in [2.75, 3.05) is 13.1 Å². The summed E-state index contributed by atoms with van der Waals surface area (Å²) in [7, 11) is 0. The van der Waals surface area contributed by atoms with E-state index in [1.54, 1.807) is 4.68 Å². The van der Waals surface area contributed by atoms with Gasteiger partial charge in [0.15, 0.2) is 0 Å². The standard InChI is InChI=1S/C17H18F3N3O2/c1-2-23-15(11-3-5-12(6-4-11)17(18,19)20)13-7-9-22(16(24)25)10-8-14(13)21-23/h3-6H,2,7-10H2,1H3,(H,24,25). The van der Waals surface area contributed by atoms with E-state index in [-0.39, 0.29) is 0 Å². The van der Waals surface area contributed by atoms with Crippen LogP contribution < -0.4 is 0 Å². The van der Waals surface area contributed by atoms with E-state index in [2.05, 4.69) is 5.10 Å². The van der Waals surface area contributed by atoms with Gasteiger partial charge in [-0.05, 0) is 25.5 Å². The summed E-state index contributed by atoms with van der Waals surface area (Å²) in [5.41, 5.74) is 2.48. The maximum absolute atomic E-state index is 12.8. The maximum Gasteiger partial charge on any atom is 0.416 e. The highest BCUT2D eigenvalue weighted by Gasteiger charge is 2.30. The van der Waals surface area contributed by atoms with Crippen LogP contribution in [0.2, 0.25) is 0 Å². The quantitative estimate of drug-likeness (QED) is 0.896. The van der Waals surface area contributed by atoms with Crippen LogP contribution in [-0.2, 0) is 25.6 Å². The Morgan fingerprint density at radius 3 is 2.40 bits per heavy atom. The topological polar surface area (TPSA) is 58.4 Å². The number of carboxylic acid groups (broad SMARTS) is 1. The normalized spacial score (nSPS) is 15.0. The number of rotatable bonds is 2. The zero-order chi connectivity index (χ0) is 18.2. The average Bonchev–Trinajstić information content (AvgIpc) is 2.78. The van der Waals surface area contributed by atoms with E-state index >= 15 is 0 Å². The van der Waals surface area contributed by atoms with Crippen LogP contribution in [0, 0.1) is 0 Å². The van der Waals surface area contributed by atoms with E-state index in [1.165, 1.54) is 17.0 Å². The van der Waals surface area contributed by atoms with Gasteiger partial charge < -0.3 is 10.0 Å². The first-order valence-corrected chi connectivity index (χ1v) is 8.05. The van der Waals surface area contributed by atoms with Gasteiger partial charge in [-0.1, -0.05) is 12.1 Å². The molecule has 1 aromatic heterocycles. The highest BCUT2D eigenvalue weighted by molar-refractivity contribution is 5.67. The summed E-state index contributed by atoms with van der Waals surface area (Å²) in [6, 6.07) is 5.03. The van der Waals surface area contributed by atoms with Gasteiger partial charge in [0.25, 0.3) is 0 Å². The summed E-state index contributed by atoms with van der Waals surface area (Å²) >= 11 is 0. The summed E-state index contributed by atoms with van der Waals surface area (Å²) in [4.78, 5) is 12.5. The number of aryl methyl sites for hydroxylation is 1. The van der Waals surface area contributed by atoms with Crippen molar-refractivity contribution in [3.05, 3.63) is 41.1 Å². The van der Waals surface area contributed by atoms with Crippen LogP contribution in [0.3, 0.4) is 0 Å². The molecule has 0 aliphatic carbocycles. The van der Waals surface area contributed by atoms with Crippen LogP contribution in [0.5, 0.6) is 0 Å². The third-order valence-electron chi connectivity index (χ3n) is 4.44. The van der Waals surface area contributed by atoms with Crippen molar-refractivity contribution in [2.24, 2.45) is 0 Å². The Morgan fingerprint density at radius 1 is 1.20 bits per heavy atom. The molecule has 8 heteroatoms. The summed E-state index contributed by atoms with van der Waals surface area (Å²) in [5, 5.41) is 13.7. The summed E-state index contributed by atoms with van der Waals surface area (Å²) in [6.07, 6.45) is -4.34. The Morgan fingerprint density at radius 2 is 1.84 bits per heavy atom. The van der Waals surface area contributed by atoms with Gasteiger partial charge in [0, 0.05) is 37.2 Å². The highest BCUT2D eigenvalue weighted by atomic mass is 19.4. The number of hydrogen-bond donors (Lipinski definition) is 1. The smallest absolute Gasteiger partial charge is 0.416 e. The molecule has 0 saturated heterocycles. The van der Waals surface area contributed by atoms with Gasteiger partial charge in [-0.15, -0.1) is 0 Å². The molecule has 2 heterocycles.